The Morgan fingerprint density at radius 3 is 2.50 bits per heavy atom. The van der Waals surface area contributed by atoms with Crippen LogP contribution in [-0.4, -0.2) is 41.4 Å². The zero-order valence-electron chi connectivity index (χ0n) is 12.8. The molecule has 130 valence electrons. The number of amides is 3. The first-order chi connectivity index (χ1) is 11.1. The van der Waals surface area contributed by atoms with E-state index in [1.165, 1.54) is 18.2 Å². The average Bonchev–Trinajstić information content (AvgIpc) is 2.94. The first-order valence-electron chi connectivity index (χ1n) is 7.21. The Kier molecular flexibility index (Phi) is 4.81. The van der Waals surface area contributed by atoms with Gasteiger partial charge in [-0.05, 0) is 31.0 Å². The second kappa shape index (κ2) is 6.50. The number of halogens is 3. The van der Waals surface area contributed by atoms with Crippen LogP contribution in [0.15, 0.2) is 24.3 Å². The molecule has 0 radical (unpaired) electrons. The van der Waals surface area contributed by atoms with Gasteiger partial charge in [-0.2, -0.15) is 13.2 Å². The van der Waals surface area contributed by atoms with Crippen molar-refractivity contribution in [3.63, 3.8) is 0 Å². The van der Waals surface area contributed by atoms with E-state index in [1.54, 1.807) is 6.07 Å². The Hall–Kier alpha value is -2.58. The number of likely N-dealkylation sites (tertiary alicyclic amines) is 1. The number of carbonyl (C=O) groups is 3. The van der Waals surface area contributed by atoms with E-state index in [-0.39, 0.29) is 25.1 Å². The van der Waals surface area contributed by atoms with Gasteiger partial charge in [0, 0.05) is 19.2 Å². The highest BCUT2D eigenvalue weighted by Gasteiger charge is 2.48. The number of rotatable bonds is 2. The number of nitrogens with two attached hydrogens (primary N) is 1. The summed E-state index contributed by atoms with van der Waals surface area (Å²) in [4.78, 5) is 37.2. The number of imide groups is 1. The number of nitrogen functional groups attached to an aromatic ring is 1. The lowest BCUT2D eigenvalue weighted by molar-refractivity contribution is -0.186. The van der Waals surface area contributed by atoms with E-state index in [1.807, 2.05) is 0 Å². The van der Waals surface area contributed by atoms with Crippen molar-refractivity contribution in [1.82, 2.24) is 4.90 Å². The molecular weight excluding hydrogens is 327 g/mol. The average molecular weight is 343 g/mol. The first-order valence-corrected chi connectivity index (χ1v) is 7.21. The third kappa shape index (κ3) is 3.50. The number of carbonyl (C=O) groups excluding carboxylic acids is 3. The second-order valence-electron chi connectivity index (χ2n) is 5.44. The highest BCUT2D eigenvalue weighted by molar-refractivity contribution is 6.16. The van der Waals surface area contributed by atoms with Crippen LogP contribution in [0.1, 0.15) is 19.8 Å². The van der Waals surface area contributed by atoms with Crippen molar-refractivity contribution >= 4 is 29.1 Å². The lowest BCUT2D eigenvalue weighted by atomic mass is 10.1. The van der Waals surface area contributed by atoms with Crippen LogP contribution >= 0.6 is 0 Å². The molecule has 3 amide bonds. The third-order valence-corrected chi connectivity index (χ3v) is 3.70. The third-order valence-electron chi connectivity index (χ3n) is 3.70. The van der Waals surface area contributed by atoms with Gasteiger partial charge < -0.3 is 10.6 Å². The standard InChI is InChI=1S/C15H16F3N3O3/c1-9(22)21(11-5-2-4-10(19)8-11)13(23)12-6-3-7-20(12)14(24)15(16,17)18/h2,4-5,8,12H,3,6-7,19H2,1H3. The van der Waals surface area contributed by atoms with Gasteiger partial charge in [-0.25, -0.2) is 4.90 Å². The van der Waals surface area contributed by atoms with Crippen molar-refractivity contribution in [2.45, 2.75) is 32.0 Å². The molecule has 9 heteroatoms. The summed E-state index contributed by atoms with van der Waals surface area (Å²) in [7, 11) is 0. The van der Waals surface area contributed by atoms with Crippen LogP contribution in [-0.2, 0) is 14.4 Å². The smallest absolute Gasteiger partial charge is 0.399 e. The highest BCUT2D eigenvalue weighted by atomic mass is 19.4. The summed E-state index contributed by atoms with van der Waals surface area (Å²) in [5.74, 6) is -3.62. The van der Waals surface area contributed by atoms with E-state index >= 15 is 0 Å². The Labute approximate surface area is 136 Å². The maximum absolute atomic E-state index is 12.7. The molecule has 0 aliphatic carbocycles. The zero-order chi connectivity index (χ0) is 18.1. The summed E-state index contributed by atoms with van der Waals surface area (Å²) < 4.78 is 38.0. The van der Waals surface area contributed by atoms with Gasteiger partial charge in [0.05, 0.1) is 5.69 Å². The molecule has 1 heterocycles. The van der Waals surface area contributed by atoms with Crippen LogP contribution < -0.4 is 10.6 Å². The molecule has 1 aromatic rings. The molecule has 2 rings (SSSR count). The van der Waals surface area contributed by atoms with Gasteiger partial charge in [-0.1, -0.05) is 6.07 Å². The molecule has 0 aromatic heterocycles. The van der Waals surface area contributed by atoms with Gasteiger partial charge in [0.2, 0.25) is 5.91 Å². The first kappa shape index (κ1) is 17.8. The summed E-state index contributed by atoms with van der Waals surface area (Å²) >= 11 is 0. The summed E-state index contributed by atoms with van der Waals surface area (Å²) in [6, 6.07) is 4.54. The topological polar surface area (TPSA) is 83.7 Å². The molecule has 1 unspecified atom stereocenters. The van der Waals surface area contributed by atoms with Gasteiger partial charge in [0.1, 0.15) is 6.04 Å². The van der Waals surface area contributed by atoms with E-state index < -0.39 is 29.9 Å². The minimum absolute atomic E-state index is 0.0623. The molecule has 0 spiro atoms. The normalized spacial score (nSPS) is 17.7. The van der Waals surface area contributed by atoms with Crippen molar-refractivity contribution in [3.05, 3.63) is 24.3 Å². The molecule has 1 saturated heterocycles. The van der Waals surface area contributed by atoms with E-state index in [0.29, 0.717) is 10.6 Å². The number of hydrogen-bond acceptors (Lipinski definition) is 4. The maximum Gasteiger partial charge on any atom is 0.471 e. The SMILES string of the molecule is CC(=O)N(C(=O)C1CCCN1C(=O)C(F)(F)F)c1cccc(N)c1. The largest absolute Gasteiger partial charge is 0.471 e. The van der Waals surface area contributed by atoms with Gasteiger partial charge in [0.25, 0.3) is 5.91 Å². The van der Waals surface area contributed by atoms with Crippen LogP contribution in [0.25, 0.3) is 0 Å². The number of benzene rings is 1. The molecule has 1 aliphatic heterocycles. The summed E-state index contributed by atoms with van der Waals surface area (Å²) in [5.41, 5.74) is 6.06. The monoisotopic (exact) mass is 343 g/mol. The Bertz CT molecular complexity index is 675. The van der Waals surface area contributed by atoms with E-state index in [9.17, 15) is 27.6 Å². The lowest BCUT2D eigenvalue weighted by Crippen LogP contribution is -2.52. The van der Waals surface area contributed by atoms with Crippen LogP contribution in [0, 0.1) is 0 Å². The van der Waals surface area contributed by atoms with Gasteiger partial charge >= 0.3 is 12.1 Å². The lowest BCUT2D eigenvalue weighted by Gasteiger charge is -2.29. The van der Waals surface area contributed by atoms with Crippen molar-refractivity contribution in [2.75, 3.05) is 17.2 Å². The molecule has 6 nitrogen and oxygen atoms in total. The molecule has 1 aromatic carbocycles. The number of hydrogen-bond donors (Lipinski definition) is 1. The fraction of sp³-hybridized carbons (Fsp3) is 0.400. The number of anilines is 2. The molecular formula is C15H16F3N3O3. The van der Waals surface area contributed by atoms with Crippen molar-refractivity contribution in [2.24, 2.45) is 0 Å². The Morgan fingerprint density at radius 1 is 1.29 bits per heavy atom. The Balaban J connectivity index is 2.33. The molecule has 24 heavy (non-hydrogen) atoms. The van der Waals surface area contributed by atoms with E-state index in [2.05, 4.69) is 0 Å². The van der Waals surface area contributed by atoms with Crippen LogP contribution in [0.5, 0.6) is 0 Å². The van der Waals surface area contributed by atoms with Crippen LogP contribution in [0.4, 0.5) is 24.5 Å². The van der Waals surface area contributed by atoms with Crippen molar-refractivity contribution in [3.8, 4) is 0 Å². The van der Waals surface area contributed by atoms with Crippen LogP contribution in [0.3, 0.4) is 0 Å². The quantitative estimate of drug-likeness (QED) is 0.829. The summed E-state index contributed by atoms with van der Waals surface area (Å²) in [6.07, 6.45) is -4.76. The number of nitrogens with zero attached hydrogens (tertiary/aromatic N) is 2. The minimum Gasteiger partial charge on any atom is -0.399 e. The predicted molar refractivity (Wildman–Crippen MR) is 79.8 cm³/mol. The van der Waals surface area contributed by atoms with Gasteiger partial charge in [0.15, 0.2) is 0 Å². The molecule has 1 fully saturated rings. The molecule has 2 N–H and O–H groups in total. The fourth-order valence-electron chi connectivity index (χ4n) is 2.71. The highest BCUT2D eigenvalue weighted by Crippen LogP contribution is 2.28. The van der Waals surface area contributed by atoms with Crippen molar-refractivity contribution in [1.29, 1.82) is 0 Å². The summed E-state index contributed by atoms with van der Waals surface area (Å²) in [5, 5.41) is 0. The predicted octanol–water partition coefficient (Wildman–Crippen LogP) is 1.70. The minimum atomic E-state index is -5.07. The van der Waals surface area contributed by atoms with E-state index in [4.69, 9.17) is 5.73 Å². The molecule has 1 aliphatic rings. The number of alkyl halides is 3. The molecule has 0 bridgehead atoms. The summed E-state index contributed by atoms with van der Waals surface area (Å²) in [6.45, 7) is 0.934. The zero-order valence-corrected chi connectivity index (χ0v) is 12.8. The fourth-order valence-corrected chi connectivity index (χ4v) is 2.71. The molecule has 1 atom stereocenters. The van der Waals surface area contributed by atoms with Gasteiger partial charge in [-0.3, -0.25) is 14.4 Å². The molecule has 0 saturated carbocycles. The van der Waals surface area contributed by atoms with Crippen LogP contribution in [0.2, 0.25) is 0 Å². The van der Waals surface area contributed by atoms with E-state index in [0.717, 1.165) is 11.8 Å². The second-order valence-corrected chi connectivity index (χ2v) is 5.44. The van der Waals surface area contributed by atoms with Gasteiger partial charge in [-0.15, -0.1) is 0 Å². The van der Waals surface area contributed by atoms with Crippen molar-refractivity contribution < 1.29 is 27.6 Å². The maximum atomic E-state index is 12.7. The Morgan fingerprint density at radius 2 is 1.96 bits per heavy atom.